The van der Waals surface area contributed by atoms with Crippen molar-refractivity contribution in [1.29, 1.82) is 0 Å². The molecule has 8 heteroatoms. The van der Waals surface area contributed by atoms with E-state index >= 15 is 0 Å². The molecule has 0 amide bonds. The Morgan fingerprint density at radius 3 is 2.09 bits per heavy atom. The van der Waals surface area contributed by atoms with Gasteiger partial charge >= 0.3 is 0 Å². The van der Waals surface area contributed by atoms with Crippen LogP contribution in [-0.4, -0.2) is 32.6 Å². The van der Waals surface area contributed by atoms with Gasteiger partial charge in [-0.15, -0.1) is 23.2 Å². The van der Waals surface area contributed by atoms with Crippen molar-refractivity contribution in [2.75, 3.05) is 11.8 Å². The van der Waals surface area contributed by atoms with Crippen LogP contribution in [0.15, 0.2) is 45.6 Å². The lowest BCUT2D eigenvalue weighted by atomic mass is 10.2. The summed E-state index contributed by atoms with van der Waals surface area (Å²) < 4.78 is 1.74. The highest BCUT2D eigenvalue weighted by Crippen LogP contribution is 2.14. The van der Waals surface area contributed by atoms with E-state index in [1.165, 1.54) is 0 Å². The van der Waals surface area contributed by atoms with Crippen LogP contribution in [0.2, 0.25) is 0 Å². The SMILES string of the molecule is O=C(CCl)c1ccc(Br)cn1.O[C@@H](CCl)c1ccc(Br)cn1. The minimum Gasteiger partial charge on any atom is -0.386 e. The van der Waals surface area contributed by atoms with Crippen LogP contribution in [0, 0.1) is 0 Å². The van der Waals surface area contributed by atoms with E-state index in [9.17, 15) is 9.90 Å². The average molecular weight is 471 g/mol. The van der Waals surface area contributed by atoms with E-state index in [4.69, 9.17) is 23.2 Å². The van der Waals surface area contributed by atoms with E-state index < -0.39 is 6.10 Å². The largest absolute Gasteiger partial charge is 0.386 e. The van der Waals surface area contributed by atoms with Gasteiger partial charge in [-0.3, -0.25) is 14.8 Å². The normalized spacial score (nSPS) is 11.3. The van der Waals surface area contributed by atoms with Crippen molar-refractivity contribution in [3.63, 3.8) is 0 Å². The number of ketones is 1. The molecule has 0 saturated heterocycles. The molecule has 0 unspecified atom stereocenters. The van der Waals surface area contributed by atoms with Gasteiger partial charge in [0.15, 0.2) is 5.78 Å². The molecular formula is C14H12Br2Cl2N2O2. The van der Waals surface area contributed by atoms with Gasteiger partial charge in [-0.1, -0.05) is 0 Å². The summed E-state index contributed by atoms with van der Waals surface area (Å²) in [7, 11) is 0. The topological polar surface area (TPSA) is 63.1 Å². The summed E-state index contributed by atoms with van der Waals surface area (Å²) in [4.78, 5) is 18.8. The van der Waals surface area contributed by atoms with Gasteiger partial charge in [0, 0.05) is 21.3 Å². The monoisotopic (exact) mass is 468 g/mol. The molecule has 2 heterocycles. The Kier molecular flexibility index (Phi) is 9.12. The third-order valence-corrected chi connectivity index (χ3v) is 3.85. The van der Waals surface area contributed by atoms with Crippen molar-refractivity contribution in [1.82, 2.24) is 9.97 Å². The van der Waals surface area contributed by atoms with Gasteiger partial charge in [0.05, 0.1) is 17.5 Å². The molecular weight excluding hydrogens is 459 g/mol. The van der Waals surface area contributed by atoms with Crippen molar-refractivity contribution < 1.29 is 9.90 Å². The number of pyridine rings is 2. The van der Waals surface area contributed by atoms with Crippen molar-refractivity contribution in [2.24, 2.45) is 0 Å². The molecule has 1 atom stereocenters. The van der Waals surface area contributed by atoms with Crippen molar-refractivity contribution in [3.05, 3.63) is 57.0 Å². The van der Waals surface area contributed by atoms with Crippen LogP contribution in [0.5, 0.6) is 0 Å². The molecule has 0 aliphatic heterocycles. The summed E-state index contributed by atoms with van der Waals surface area (Å²) in [5.41, 5.74) is 1.01. The molecule has 0 aromatic carbocycles. The Morgan fingerprint density at radius 1 is 1.09 bits per heavy atom. The van der Waals surface area contributed by atoms with E-state index in [1.54, 1.807) is 30.6 Å². The summed E-state index contributed by atoms with van der Waals surface area (Å²) in [6.07, 6.45) is 2.54. The van der Waals surface area contributed by atoms with Gasteiger partial charge in [-0.05, 0) is 56.1 Å². The fourth-order valence-corrected chi connectivity index (χ4v) is 2.04. The first-order chi connectivity index (χ1) is 10.5. The predicted molar refractivity (Wildman–Crippen MR) is 94.6 cm³/mol. The molecule has 1 N–H and O–H groups in total. The highest BCUT2D eigenvalue weighted by molar-refractivity contribution is 9.10. The zero-order valence-electron chi connectivity index (χ0n) is 11.2. The van der Waals surface area contributed by atoms with Crippen LogP contribution in [0.1, 0.15) is 22.3 Å². The first kappa shape index (κ1) is 19.5. The molecule has 0 fully saturated rings. The van der Waals surface area contributed by atoms with Crippen molar-refractivity contribution in [2.45, 2.75) is 6.10 Å². The summed E-state index contributed by atoms with van der Waals surface area (Å²) in [5, 5.41) is 9.21. The molecule has 2 aromatic rings. The number of nitrogens with zero attached hydrogens (tertiary/aromatic N) is 2. The molecule has 0 spiro atoms. The van der Waals surface area contributed by atoms with E-state index in [0.29, 0.717) is 11.4 Å². The van der Waals surface area contributed by atoms with Crippen LogP contribution >= 0.6 is 55.1 Å². The number of alkyl halides is 2. The summed E-state index contributed by atoms with van der Waals surface area (Å²) in [6.45, 7) is 0. The molecule has 0 bridgehead atoms. The number of carbonyl (C=O) groups is 1. The molecule has 0 aliphatic carbocycles. The molecule has 118 valence electrons. The van der Waals surface area contributed by atoms with Gasteiger partial charge in [0.2, 0.25) is 0 Å². The summed E-state index contributed by atoms with van der Waals surface area (Å²) >= 11 is 17.2. The lowest BCUT2D eigenvalue weighted by Gasteiger charge is -2.04. The van der Waals surface area contributed by atoms with E-state index in [2.05, 4.69) is 41.8 Å². The van der Waals surface area contributed by atoms with Gasteiger partial charge in [0.25, 0.3) is 0 Å². The molecule has 2 aromatic heterocycles. The number of aliphatic hydroxyl groups is 1. The Hall–Kier alpha value is -0.530. The highest BCUT2D eigenvalue weighted by Gasteiger charge is 2.05. The smallest absolute Gasteiger partial charge is 0.195 e. The number of aromatic nitrogens is 2. The molecule has 0 radical (unpaired) electrons. The van der Waals surface area contributed by atoms with Crippen LogP contribution in [0.3, 0.4) is 0 Å². The Morgan fingerprint density at radius 2 is 1.68 bits per heavy atom. The first-order valence-corrected chi connectivity index (χ1v) is 8.69. The van der Waals surface area contributed by atoms with Crippen LogP contribution < -0.4 is 0 Å². The maximum atomic E-state index is 10.9. The highest BCUT2D eigenvalue weighted by atomic mass is 79.9. The number of Topliss-reactive ketones (excluding diaryl/α,β-unsaturated/α-hetero) is 1. The summed E-state index contributed by atoms with van der Waals surface area (Å²) in [6, 6.07) is 6.94. The van der Waals surface area contributed by atoms with Gasteiger partial charge in [-0.25, -0.2) is 0 Å². The van der Waals surface area contributed by atoms with E-state index in [-0.39, 0.29) is 17.5 Å². The fourth-order valence-electron chi connectivity index (χ4n) is 1.27. The minimum atomic E-state index is -0.662. The number of hydrogen-bond donors (Lipinski definition) is 1. The third kappa shape index (κ3) is 6.71. The lowest BCUT2D eigenvalue weighted by Crippen LogP contribution is -2.02. The lowest BCUT2D eigenvalue weighted by molar-refractivity contribution is 0.101. The first-order valence-electron chi connectivity index (χ1n) is 6.04. The van der Waals surface area contributed by atoms with Crippen LogP contribution in [0.4, 0.5) is 0 Å². The molecule has 22 heavy (non-hydrogen) atoms. The second-order valence-corrected chi connectivity index (χ2v) is 6.40. The molecule has 4 nitrogen and oxygen atoms in total. The Balaban J connectivity index is 0.000000220. The van der Waals surface area contributed by atoms with Crippen molar-refractivity contribution in [3.8, 4) is 0 Å². The Bertz CT molecular complexity index is 595. The standard InChI is InChI=1S/C7H7BrClNO.C7H5BrClNO/c2*8-5-1-2-6(10-4-5)7(11)3-9/h1-2,4,7,11H,3H2;1-2,4H,3H2/t7-;/m0./s1. The zero-order chi connectivity index (χ0) is 16.5. The van der Waals surface area contributed by atoms with Crippen LogP contribution in [0.25, 0.3) is 0 Å². The van der Waals surface area contributed by atoms with Gasteiger partial charge < -0.3 is 5.11 Å². The van der Waals surface area contributed by atoms with E-state index in [1.807, 2.05) is 6.07 Å². The maximum absolute atomic E-state index is 10.9. The maximum Gasteiger partial charge on any atom is 0.195 e. The Labute approximate surface area is 155 Å². The second-order valence-electron chi connectivity index (χ2n) is 3.99. The quantitative estimate of drug-likeness (QED) is 0.532. The molecule has 2 rings (SSSR count). The van der Waals surface area contributed by atoms with E-state index in [0.717, 1.165) is 8.95 Å². The van der Waals surface area contributed by atoms with Gasteiger partial charge in [0.1, 0.15) is 11.8 Å². The number of rotatable bonds is 4. The minimum absolute atomic E-state index is 0.0192. The molecule has 0 saturated carbocycles. The van der Waals surface area contributed by atoms with Gasteiger partial charge in [-0.2, -0.15) is 0 Å². The average Bonchev–Trinajstić information content (AvgIpc) is 2.55. The third-order valence-electron chi connectivity index (χ3n) is 2.37. The number of carbonyl (C=O) groups excluding carboxylic acids is 1. The summed E-state index contributed by atoms with van der Waals surface area (Å²) in [5.74, 6) is 0.00247. The second kappa shape index (κ2) is 10.3. The fraction of sp³-hybridized carbons (Fsp3) is 0.214. The predicted octanol–water partition coefficient (Wildman–Crippen LogP) is 4.38. The number of hydrogen-bond acceptors (Lipinski definition) is 4. The van der Waals surface area contributed by atoms with Crippen LogP contribution in [-0.2, 0) is 0 Å². The number of aliphatic hydroxyl groups excluding tert-OH is 1. The molecule has 0 aliphatic rings. The van der Waals surface area contributed by atoms with Crippen molar-refractivity contribution >= 4 is 60.8 Å². The zero-order valence-corrected chi connectivity index (χ0v) is 15.9. The number of halogens is 4.